The van der Waals surface area contributed by atoms with Gasteiger partial charge < -0.3 is 20.9 Å². The lowest BCUT2D eigenvalue weighted by Crippen LogP contribution is -2.30. The fourth-order valence-electron chi connectivity index (χ4n) is 3.84. The summed E-state index contributed by atoms with van der Waals surface area (Å²) in [5.74, 6) is 2.14. The lowest BCUT2D eigenvalue weighted by molar-refractivity contribution is -0.137. The van der Waals surface area contributed by atoms with Crippen LogP contribution in [0.4, 0.5) is 46.7 Å². The first-order valence-electron chi connectivity index (χ1n) is 11.1. The Hall–Kier alpha value is -3.53. The van der Waals surface area contributed by atoms with Crippen molar-refractivity contribution in [3.05, 3.63) is 64.9 Å². The van der Waals surface area contributed by atoms with E-state index in [1.54, 1.807) is 18.2 Å². The van der Waals surface area contributed by atoms with E-state index in [4.69, 9.17) is 11.6 Å². The van der Waals surface area contributed by atoms with E-state index in [0.29, 0.717) is 23.0 Å². The zero-order valence-corrected chi connectivity index (χ0v) is 19.7. The molecular weight excluding hydrogens is 481 g/mol. The molecule has 7 nitrogen and oxygen atoms in total. The largest absolute Gasteiger partial charge is 0.417 e. The number of alkyl halides is 3. The van der Waals surface area contributed by atoms with Crippen LogP contribution in [0.15, 0.2) is 48.5 Å². The molecule has 0 bridgehead atoms. The Morgan fingerprint density at radius 2 is 1.63 bits per heavy atom. The quantitative estimate of drug-likeness (QED) is 0.354. The highest BCUT2D eigenvalue weighted by Crippen LogP contribution is 2.36. The zero-order valence-electron chi connectivity index (χ0n) is 18.9. The average molecular weight is 505 g/mol. The van der Waals surface area contributed by atoms with E-state index in [1.165, 1.54) is 12.5 Å². The lowest BCUT2D eigenvalue weighted by atomic mass is 10.1. The van der Waals surface area contributed by atoms with Gasteiger partial charge in [0.25, 0.3) is 0 Å². The Balaban J connectivity index is 1.43. The molecule has 2 heterocycles. The Kier molecular flexibility index (Phi) is 7.30. The second-order valence-corrected chi connectivity index (χ2v) is 8.59. The number of piperidine rings is 1. The predicted molar refractivity (Wildman–Crippen MR) is 132 cm³/mol. The summed E-state index contributed by atoms with van der Waals surface area (Å²) in [7, 11) is 0. The van der Waals surface area contributed by atoms with E-state index in [9.17, 15) is 18.0 Å². The number of carbonyl (C=O) groups is 1. The van der Waals surface area contributed by atoms with Crippen molar-refractivity contribution in [3.63, 3.8) is 0 Å². The number of aryl methyl sites for hydroxylation is 1. The number of benzene rings is 2. The molecule has 3 aromatic rings. The molecular formula is C24H24ClF3N6O. The fourth-order valence-corrected chi connectivity index (χ4v) is 4.06. The van der Waals surface area contributed by atoms with E-state index in [-0.39, 0.29) is 5.69 Å². The van der Waals surface area contributed by atoms with Crippen molar-refractivity contribution >= 4 is 46.3 Å². The smallest absolute Gasteiger partial charge is 0.356 e. The Bertz CT molecular complexity index is 1210. The van der Waals surface area contributed by atoms with Crippen LogP contribution in [0.5, 0.6) is 0 Å². The summed E-state index contributed by atoms with van der Waals surface area (Å²) in [5.41, 5.74) is 0.0679. The highest BCUT2D eigenvalue weighted by atomic mass is 35.5. The van der Waals surface area contributed by atoms with Crippen LogP contribution in [-0.2, 0) is 6.18 Å². The number of halogens is 4. The van der Waals surface area contributed by atoms with Crippen LogP contribution in [0.3, 0.4) is 0 Å². The molecule has 11 heteroatoms. The van der Waals surface area contributed by atoms with E-state index < -0.39 is 22.8 Å². The maximum absolute atomic E-state index is 13.1. The third kappa shape index (κ3) is 6.54. The highest BCUT2D eigenvalue weighted by Gasteiger charge is 2.33. The summed E-state index contributed by atoms with van der Waals surface area (Å²) in [4.78, 5) is 23.6. The summed E-state index contributed by atoms with van der Waals surface area (Å²) >= 11 is 5.63. The minimum absolute atomic E-state index is 0.0322. The Morgan fingerprint density at radius 1 is 0.943 bits per heavy atom. The molecule has 2 aromatic carbocycles. The summed E-state index contributed by atoms with van der Waals surface area (Å²) < 4.78 is 39.2. The number of urea groups is 1. The van der Waals surface area contributed by atoms with Gasteiger partial charge in [-0.25, -0.2) is 14.8 Å². The number of nitrogens with one attached hydrogen (secondary N) is 3. The molecule has 0 unspecified atom stereocenters. The topological polar surface area (TPSA) is 82.2 Å². The molecule has 0 saturated carbocycles. The third-order valence-electron chi connectivity index (χ3n) is 5.43. The van der Waals surface area contributed by atoms with Crippen molar-refractivity contribution in [2.24, 2.45) is 0 Å². The first-order chi connectivity index (χ1) is 16.7. The zero-order chi connectivity index (χ0) is 25.0. The van der Waals surface area contributed by atoms with Crippen molar-refractivity contribution in [1.29, 1.82) is 0 Å². The molecule has 0 radical (unpaired) electrons. The van der Waals surface area contributed by atoms with Crippen molar-refractivity contribution < 1.29 is 18.0 Å². The molecule has 0 atom stereocenters. The van der Waals surface area contributed by atoms with Gasteiger partial charge in [0.05, 0.1) is 10.6 Å². The first kappa shape index (κ1) is 24.6. The van der Waals surface area contributed by atoms with Crippen LogP contribution in [0.1, 0.15) is 30.7 Å². The first-order valence-corrected chi connectivity index (χ1v) is 11.5. The Labute approximate surface area is 205 Å². The van der Waals surface area contributed by atoms with Gasteiger partial charge >= 0.3 is 12.2 Å². The average Bonchev–Trinajstić information content (AvgIpc) is 2.80. The molecule has 2 amide bonds. The molecule has 184 valence electrons. The summed E-state index contributed by atoms with van der Waals surface area (Å²) in [6, 6.07) is 11.3. The summed E-state index contributed by atoms with van der Waals surface area (Å²) in [5, 5.41) is 7.80. The monoisotopic (exact) mass is 504 g/mol. The standard InChI is InChI=1S/C24H24ClF3N6O/c1-15-29-21(14-22(30-15)34-10-3-2-4-11-34)31-16-6-5-7-17(12-16)32-23(35)33-18-8-9-20(25)19(13-18)24(26,27)28/h5-9,12-14H,2-4,10-11H2,1H3,(H,29,30,31)(H2,32,33,35). The molecule has 1 aliphatic rings. The molecule has 1 aromatic heterocycles. The maximum Gasteiger partial charge on any atom is 0.417 e. The third-order valence-corrected chi connectivity index (χ3v) is 5.76. The second kappa shape index (κ2) is 10.4. The second-order valence-electron chi connectivity index (χ2n) is 8.18. The van der Waals surface area contributed by atoms with E-state index >= 15 is 0 Å². The molecule has 35 heavy (non-hydrogen) atoms. The number of hydrogen-bond acceptors (Lipinski definition) is 5. The maximum atomic E-state index is 13.1. The summed E-state index contributed by atoms with van der Waals surface area (Å²) in [6.07, 6.45) is -1.14. The number of nitrogens with zero attached hydrogens (tertiary/aromatic N) is 3. The van der Waals surface area contributed by atoms with Gasteiger partial charge in [0.2, 0.25) is 0 Å². The van der Waals surface area contributed by atoms with Crippen molar-refractivity contribution in [2.75, 3.05) is 33.9 Å². The van der Waals surface area contributed by atoms with Gasteiger partial charge in [-0.1, -0.05) is 17.7 Å². The minimum atomic E-state index is -4.63. The van der Waals surface area contributed by atoms with Gasteiger partial charge in [0.15, 0.2) is 0 Å². The van der Waals surface area contributed by atoms with Gasteiger partial charge in [0.1, 0.15) is 17.5 Å². The van der Waals surface area contributed by atoms with Crippen LogP contribution < -0.4 is 20.9 Å². The number of rotatable bonds is 5. The highest BCUT2D eigenvalue weighted by molar-refractivity contribution is 6.31. The Morgan fingerprint density at radius 3 is 2.34 bits per heavy atom. The molecule has 4 rings (SSSR count). The van der Waals surface area contributed by atoms with Crippen molar-refractivity contribution in [3.8, 4) is 0 Å². The van der Waals surface area contributed by atoms with E-state index in [2.05, 4.69) is 30.8 Å². The van der Waals surface area contributed by atoms with E-state index in [0.717, 1.165) is 43.9 Å². The van der Waals surface area contributed by atoms with Gasteiger partial charge in [-0.05, 0) is 62.6 Å². The minimum Gasteiger partial charge on any atom is -0.356 e. The van der Waals surface area contributed by atoms with Crippen LogP contribution in [-0.4, -0.2) is 29.1 Å². The molecule has 3 N–H and O–H groups in total. The predicted octanol–water partition coefficient (Wildman–Crippen LogP) is 6.84. The van der Waals surface area contributed by atoms with Crippen LogP contribution in [0.2, 0.25) is 5.02 Å². The summed E-state index contributed by atoms with van der Waals surface area (Å²) in [6.45, 7) is 3.76. The van der Waals surface area contributed by atoms with Crippen molar-refractivity contribution in [2.45, 2.75) is 32.4 Å². The van der Waals surface area contributed by atoms with Gasteiger partial charge in [-0.3, -0.25) is 0 Å². The molecule has 1 fully saturated rings. The fraction of sp³-hybridized carbons (Fsp3) is 0.292. The van der Waals surface area contributed by atoms with Gasteiger partial charge in [0, 0.05) is 36.2 Å². The normalized spacial score (nSPS) is 13.9. The number of amides is 2. The van der Waals surface area contributed by atoms with Crippen LogP contribution in [0, 0.1) is 6.92 Å². The number of anilines is 5. The van der Waals surface area contributed by atoms with Crippen LogP contribution >= 0.6 is 11.6 Å². The number of carbonyl (C=O) groups excluding carboxylic acids is 1. The van der Waals surface area contributed by atoms with E-state index in [1.807, 2.05) is 19.1 Å². The molecule has 1 aliphatic heterocycles. The molecule has 1 saturated heterocycles. The van der Waals surface area contributed by atoms with Crippen LogP contribution in [0.25, 0.3) is 0 Å². The SMILES string of the molecule is Cc1nc(Nc2cccc(NC(=O)Nc3ccc(Cl)c(C(F)(F)F)c3)c2)cc(N2CCCCC2)n1. The number of aromatic nitrogens is 2. The molecule has 0 spiro atoms. The van der Waals surface area contributed by atoms with Gasteiger partial charge in [-0.2, -0.15) is 13.2 Å². The molecule has 0 aliphatic carbocycles. The number of hydrogen-bond donors (Lipinski definition) is 3. The lowest BCUT2D eigenvalue weighted by Gasteiger charge is -2.28. The van der Waals surface area contributed by atoms with Gasteiger partial charge in [-0.15, -0.1) is 0 Å². The van der Waals surface area contributed by atoms with Crippen molar-refractivity contribution in [1.82, 2.24) is 9.97 Å².